The summed E-state index contributed by atoms with van der Waals surface area (Å²) in [5.41, 5.74) is 2.07. The van der Waals surface area contributed by atoms with Crippen molar-refractivity contribution in [2.24, 2.45) is 0 Å². The lowest BCUT2D eigenvalue weighted by Gasteiger charge is -2.13. The van der Waals surface area contributed by atoms with E-state index >= 15 is 0 Å². The Morgan fingerprint density at radius 1 is 1.39 bits per heavy atom. The quantitative estimate of drug-likeness (QED) is 0.428. The van der Waals surface area contributed by atoms with Gasteiger partial charge in [0.15, 0.2) is 0 Å². The van der Waals surface area contributed by atoms with Crippen LogP contribution in [0.4, 0.5) is 5.69 Å². The summed E-state index contributed by atoms with van der Waals surface area (Å²) < 4.78 is 11.5. The van der Waals surface area contributed by atoms with Gasteiger partial charge in [-0.3, -0.25) is 14.9 Å². The van der Waals surface area contributed by atoms with E-state index in [1.165, 1.54) is 17.8 Å². The van der Waals surface area contributed by atoms with E-state index in [0.717, 1.165) is 23.3 Å². The molecule has 8 heteroatoms. The summed E-state index contributed by atoms with van der Waals surface area (Å²) in [6, 6.07) is 8.34. The molecular formula is C20H22N2O5S. The summed E-state index contributed by atoms with van der Waals surface area (Å²) in [5.74, 6) is 1.14. The third-order valence-corrected chi connectivity index (χ3v) is 5.24. The SMILES string of the molecule is CCOc1cc2c(cc1CNC(=O)c1ccc(SC)c([N+](=O)[O-])c1)OC(C)C2. The van der Waals surface area contributed by atoms with Gasteiger partial charge in [0, 0.05) is 35.7 Å². The first-order chi connectivity index (χ1) is 13.4. The van der Waals surface area contributed by atoms with Gasteiger partial charge in [0.2, 0.25) is 0 Å². The second-order valence-corrected chi connectivity index (χ2v) is 7.31. The Bertz CT molecular complexity index is 916. The fourth-order valence-corrected chi connectivity index (χ4v) is 3.71. The van der Waals surface area contributed by atoms with Gasteiger partial charge in [0.1, 0.15) is 17.6 Å². The Labute approximate surface area is 167 Å². The molecule has 7 nitrogen and oxygen atoms in total. The second kappa shape index (κ2) is 8.52. The van der Waals surface area contributed by atoms with Crippen LogP contribution in [0.25, 0.3) is 0 Å². The molecule has 28 heavy (non-hydrogen) atoms. The van der Waals surface area contributed by atoms with Crippen molar-refractivity contribution in [3.63, 3.8) is 0 Å². The molecule has 1 N–H and O–H groups in total. The van der Waals surface area contributed by atoms with Gasteiger partial charge in [-0.2, -0.15) is 0 Å². The molecule has 0 spiro atoms. The molecule has 1 aliphatic rings. The lowest BCUT2D eigenvalue weighted by Crippen LogP contribution is -2.23. The Kier molecular flexibility index (Phi) is 6.08. The summed E-state index contributed by atoms with van der Waals surface area (Å²) >= 11 is 1.27. The zero-order valence-corrected chi connectivity index (χ0v) is 16.8. The van der Waals surface area contributed by atoms with Crippen molar-refractivity contribution >= 4 is 23.4 Å². The smallest absolute Gasteiger partial charge is 0.283 e. The van der Waals surface area contributed by atoms with Crippen LogP contribution in [0.1, 0.15) is 35.3 Å². The van der Waals surface area contributed by atoms with Crippen LogP contribution in [0.15, 0.2) is 35.2 Å². The monoisotopic (exact) mass is 402 g/mol. The average Bonchev–Trinajstić information content (AvgIpc) is 3.04. The van der Waals surface area contributed by atoms with Gasteiger partial charge in [0.05, 0.1) is 16.4 Å². The number of fused-ring (bicyclic) bond motifs is 1. The zero-order chi connectivity index (χ0) is 20.3. The highest BCUT2D eigenvalue weighted by atomic mass is 32.2. The van der Waals surface area contributed by atoms with Gasteiger partial charge >= 0.3 is 0 Å². The summed E-state index contributed by atoms with van der Waals surface area (Å²) in [4.78, 5) is 23.8. The van der Waals surface area contributed by atoms with Gasteiger partial charge < -0.3 is 14.8 Å². The maximum Gasteiger partial charge on any atom is 0.283 e. The fraction of sp³-hybridized carbons (Fsp3) is 0.350. The molecule has 2 aromatic carbocycles. The van der Waals surface area contributed by atoms with Crippen molar-refractivity contribution in [1.29, 1.82) is 0 Å². The van der Waals surface area contributed by atoms with E-state index in [1.807, 2.05) is 26.0 Å². The van der Waals surface area contributed by atoms with E-state index in [-0.39, 0.29) is 29.8 Å². The molecule has 1 amide bonds. The number of nitrogens with one attached hydrogen (secondary N) is 1. The van der Waals surface area contributed by atoms with Crippen LogP contribution >= 0.6 is 11.8 Å². The summed E-state index contributed by atoms with van der Waals surface area (Å²) in [7, 11) is 0. The maximum atomic E-state index is 12.5. The topological polar surface area (TPSA) is 90.7 Å². The first-order valence-electron chi connectivity index (χ1n) is 8.98. The molecular weight excluding hydrogens is 380 g/mol. The highest BCUT2D eigenvalue weighted by Gasteiger charge is 2.22. The minimum absolute atomic E-state index is 0.0740. The minimum atomic E-state index is -0.477. The number of nitro benzene ring substituents is 1. The number of ether oxygens (including phenoxy) is 2. The summed E-state index contributed by atoms with van der Waals surface area (Å²) in [5, 5.41) is 14.0. The summed E-state index contributed by atoms with van der Waals surface area (Å²) in [6.45, 7) is 4.66. The van der Waals surface area contributed by atoms with E-state index in [9.17, 15) is 14.9 Å². The lowest BCUT2D eigenvalue weighted by molar-refractivity contribution is -0.387. The first kappa shape index (κ1) is 20.0. The molecule has 0 bridgehead atoms. The van der Waals surface area contributed by atoms with E-state index in [1.54, 1.807) is 18.4 Å². The van der Waals surface area contributed by atoms with Gasteiger partial charge in [-0.05, 0) is 44.4 Å². The van der Waals surface area contributed by atoms with Crippen LogP contribution in [-0.2, 0) is 13.0 Å². The predicted octanol–water partition coefficient (Wildman–Crippen LogP) is 3.97. The van der Waals surface area contributed by atoms with Crippen LogP contribution < -0.4 is 14.8 Å². The number of nitro groups is 1. The van der Waals surface area contributed by atoms with Crippen LogP contribution in [-0.4, -0.2) is 29.8 Å². The molecule has 1 aliphatic heterocycles. The Balaban J connectivity index is 1.79. The normalized spacial score (nSPS) is 14.9. The number of nitrogens with zero attached hydrogens (tertiary/aromatic N) is 1. The molecule has 0 saturated carbocycles. The highest BCUT2D eigenvalue weighted by Crippen LogP contribution is 2.35. The van der Waals surface area contributed by atoms with Crippen molar-refractivity contribution in [1.82, 2.24) is 5.32 Å². The van der Waals surface area contributed by atoms with Gasteiger partial charge in [-0.25, -0.2) is 0 Å². The lowest BCUT2D eigenvalue weighted by atomic mass is 10.1. The average molecular weight is 402 g/mol. The van der Waals surface area contributed by atoms with E-state index in [4.69, 9.17) is 9.47 Å². The number of amides is 1. The van der Waals surface area contributed by atoms with Crippen LogP contribution in [0.3, 0.4) is 0 Å². The van der Waals surface area contributed by atoms with Crippen molar-refractivity contribution in [3.8, 4) is 11.5 Å². The minimum Gasteiger partial charge on any atom is -0.494 e. The molecule has 0 aliphatic carbocycles. The Hall–Kier alpha value is -2.74. The standard InChI is InChI=1S/C20H22N2O5S/c1-4-26-17-9-14-7-12(2)27-18(14)10-15(17)11-21-20(23)13-5-6-19(28-3)16(8-13)22(24)25/h5-6,8-10,12H,4,7,11H2,1-3H3,(H,21,23). The fourth-order valence-electron chi connectivity index (χ4n) is 3.16. The summed E-state index contributed by atoms with van der Waals surface area (Å²) in [6.07, 6.45) is 2.70. The van der Waals surface area contributed by atoms with Crippen molar-refractivity contribution in [2.45, 2.75) is 37.8 Å². The third-order valence-electron chi connectivity index (χ3n) is 4.46. The molecule has 1 unspecified atom stereocenters. The van der Waals surface area contributed by atoms with Crippen LogP contribution in [0.5, 0.6) is 11.5 Å². The molecule has 3 rings (SSSR count). The molecule has 0 saturated heterocycles. The number of carbonyl (C=O) groups is 1. The molecule has 0 fully saturated rings. The van der Waals surface area contributed by atoms with E-state index < -0.39 is 4.92 Å². The highest BCUT2D eigenvalue weighted by molar-refractivity contribution is 7.98. The van der Waals surface area contributed by atoms with Crippen molar-refractivity contribution in [2.75, 3.05) is 12.9 Å². The predicted molar refractivity (Wildman–Crippen MR) is 107 cm³/mol. The largest absolute Gasteiger partial charge is 0.494 e. The van der Waals surface area contributed by atoms with Crippen LogP contribution in [0.2, 0.25) is 0 Å². The molecule has 0 aromatic heterocycles. The van der Waals surface area contributed by atoms with E-state index in [2.05, 4.69) is 5.32 Å². The molecule has 0 radical (unpaired) electrons. The van der Waals surface area contributed by atoms with Gasteiger partial charge in [0.25, 0.3) is 11.6 Å². The van der Waals surface area contributed by atoms with E-state index in [0.29, 0.717) is 17.3 Å². The number of benzene rings is 2. The van der Waals surface area contributed by atoms with Crippen LogP contribution in [0, 0.1) is 10.1 Å². The Morgan fingerprint density at radius 3 is 2.86 bits per heavy atom. The third kappa shape index (κ3) is 4.22. The first-order valence-corrected chi connectivity index (χ1v) is 10.2. The number of thioether (sulfide) groups is 1. The number of rotatable bonds is 7. The van der Waals surface area contributed by atoms with Gasteiger partial charge in [-0.15, -0.1) is 11.8 Å². The number of hydrogen-bond acceptors (Lipinski definition) is 6. The van der Waals surface area contributed by atoms with Crippen molar-refractivity contribution < 1.29 is 19.2 Å². The Morgan fingerprint density at radius 2 is 2.18 bits per heavy atom. The molecule has 2 aromatic rings. The maximum absolute atomic E-state index is 12.5. The number of hydrogen-bond donors (Lipinski definition) is 1. The second-order valence-electron chi connectivity index (χ2n) is 6.46. The molecule has 1 heterocycles. The van der Waals surface area contributed by atoms with Gasteiger partial charge in [-0.1, -0.05) is 0 Å². The zero-order valence-electron chi connectivity index (χ0n) is 16.0. The molecule has 1 atom stereocenters. The van der Waals surface area contributed by atoms with Crippen molar-refractivity contribution in [3.05, 3.63) is 57.1 Å². The molecule has 148 valence electrons. The number of carbonyl (C=O) groups excluding carboxylic acids is 1.